The molecule has 2 fully saturated rings. The number of hydrogen-bond acceptors (Lipinski definition) is 10. The van der Waals surface area contributed by atoms with Gasteiger partial charge in [-0.2, -0.15) is 8.78 Å². The van der Waals surface area contributed by atoms with E-state index in [0.717, 1.165) is 60.3 Å². The second-order valence-corrected chi connectivity index (χ2v) is 14.9. The van der Waals surface area contributed by atoms with Crippen molar-refractivity contribution in [2.24, 2.45) is 0 Å². The molecule has 3 aromatic carbocycles. The molecule has 2 saturated heterocycles. The number of anilines is 1. The zero-order valence-corrected chi connectivity index (χ0v) is 29.0. The number of sulfonamides is 1. The van der Waals surface area contributed by atoms with Crippen LogP contribution in [0.15, 0.2) is 82.4 Å². The molecule has 50 heavy (non-hydrogen) atoms. The van der Waals surface area contributed by atoms with Crippen LogP contribution in [0, 0.1) is 0 Å². The third-order valence-electron chi connectivity index (χ3n) is 9.72. The van der Waals surface area contributed by atoms with Crippen molar-refractivity contribution in [1.82, 2.24) is 19.7 Å². The Balaban J connectivity index is 1.44. The summed E-state index contributed by atoms with van der Waals surface area (Å²) < 4.78 is 71.9. The monoisotopic (exact) mass is 727 g/mol. The Kier molecular flexibility index (Phi) is 9.33. The van der Waals surface area contributed by atoms with E-state index in [4.69, 9.17) is 20.8 Å². The molecule has 15 heteroatoms. The van der Waals surface area contributed by atoms with Gasteiger partial charge in [-0.05, 0) is 80.1 Å². The average Bonchev–Trinajstić information content (AvgIpc) is 3.85. The maximum absolute atomic E-state index is 15.6. The Hall–Kier alpha value is -4.08. The summed E-state index contributed by atoms with van der Waals surface area (Å²) in [5.74, 6) is -0.212. The minimum atomic E-state index is -4.62. The van der Waals surface area contributed by atoms with Crippen molar-refractivity contribution in [3.63, 3.8) is 0 Å². The van der Waals surface area contributed by atoms with Crippen LogP contribution in [0.25, 0.3) is 0 Å². The van der Waals surface area contributed by atoms with Crippen molar-refractivity contribution in [2.75, 3.05) is 51.2 Å². The van der Waals surface area contributed by atoms with E-state index < -0.39 is 34.1 Å². The first-order chi connectivity index (χ1) is 24.0. The van der Waals surface area contributed by atoms with Crippen molar-refractivity contribution in [3.05, 3.63) is 101 Å². The molecule has 0 saturated carbocycles. The maximum atomic E-state index is 15.6. The fourth-order valence-electron chi connectivity index (χ4n) is 7.40. The predicted octanol–water partition coefficient (Wildman–Crippen LogP) is 5.50. The van der Waals surface area contributed by atoms with Gasteiger partial charge in [0.05, 0.1) is 29.9 Å². The van der Waals surface area contributed by atoms with E-state index in [0.29, 0.717) is 53.7 Å². The number of alkyl halides is 2. The van der Waals surface area contributed by atoms with Gasteiger partial charge in [-0.25, -0.2) is 17.7 Å². The maximum Gasteiger partial charge on any atom is 0.387 e. The van der Waals surface area contributed by atoms with Gasteiger partial charge in [0.15, 0.2) is 5.54 Å². The molecule has 2 unspecified atom stereocenters. The van der Waals surface area contributed by atoms with Gasteiger partial charge in [0, 0.05) is 55.4 Å². The van der Waals surface area contributed by atoms with E-state index in [-0.39, 0.29) is 16.3 Å². The highest BCUT2D eigenvalue weighted by molar-refractivity contribution is 7.93. The highest BCUT2D eigenvalue weighted by atomic mass is 35.5. The summed E-state index contributed by atoms with van der Waals surface area (Å²) in [6, 6.07) is 14.4. The number of fused-ring (bicyclic) bond motifs is 1. The normalized spacial score (nSPS) is 22.0. The number of ether oxygens (including phenoxy) is 2. The van der Waals surface area contributed by atoms with Crippen LogP contribution in [0.3, 0.4) is 0 Å². The number of halogens is 3. The summed E-state index contributed by atoms with van der Waals surface area (Å²) >= 11 is 6.67. The Bertz CT molecular complexity index is 1980. The van der Waals surface area contributed by atoms with Crippen molar-refractivity contribution in [1.29, 1.82) is 0 Å². The summed E-state index contributed by atoms with van der Waals surface area (Å²) in [5, 5.41) is 0.299. The predicted molar refractivity (Wildman–Crippen MR) is 181 cm³/mol. The molecule has 4 heterocycles. The van der Waals surface area contributed by atoms with Gasteiger partial charge in [0.25, 0.3) is 15.9 Å². The van der Waals surface area contributed by atoms with Crippen LogP contribution in [0.1, 0.15) is 41.5 Å². The molecule has 3 aliphatic heterocycles. The van der Waals surface area contributed by atoms with E-state index in [1.54, 1.807) is 6.07 Å². The molecule has 7 rings (SSSR count). The first-order valence-electron chi connectivity index (χ1n) is 16.2. The molecule has 0 aliphatic carbocycles. The number of methoxy groups -OCH3 is 1. The van der Waals surface area contributed by atoms with Gasteiger partial charge >= 0.3 is 6.61 Å². The summed E-state index contributed by atoms with van der Waals surface area (Å²) in [6.07, 6.45) is 4.26. The number of amides is 1. The van der Waals surface area contributed by atoms with Gasteiger partial charge in [-0.1, -0.05) is 17.7 Å². The number of carbonyl (C=O) groups excluding carboxylic acids is 1. The highest BCUT2D eigenvalue weighted by Crippen LogP contribution is 2.57. The Morgan fingerprint density at radius 2 is 1.78 bits per heavy atom. The number of carbonyl (C=O) groups is 1. The SMILES string of the molecule is COc1ccc(CN2CCN(C)CC2)cc1C1(N2CCCC2c2ncco2)C(=O)N(S(=O)(=O)c2ccc(OC(F)F)cc2)c2ccc(Cl)cc21. The van der Waals surface area contributed by atoms with E-state index in [1.165, 1.54) is 31.7 Å². The van der Waals surface area contributed by atoms with Crippen LogP contribution < -0.4 is 13.8 Å². The Labute approximate surface area is 294 Å². The number of likely N-dealkylation sites (tertiary alicyclic amines) is 1. The summed E-state index contributed by atoms with van der Waals surface area (Å²) in [4.78, 5) is 26.3. The van der Waals surface area contributed by atoms with Crippen molar-refractivity contribution in [2.45, 2.75) is 42.5 Å². The molecule has 2 atom stereocenters. The zero-order chi connectivity index (χ0) is 35.2. The number of nitrogens with zero attached hydrogens (tertiary/aromatic N) is 5. The number of piperazine rings is 1. The number of hydrogen-bond donors (Lipinski definition) is 0. The molecule has 0 N–H and O–H groups in total. The highest BCUT2D eigenvalue weighted by Gasteiger charge is 2.63. The standard InChI is InChI=1S/C35H36ClF2N5O6S/c1-40-15-17-41(18-16-40)22-23-5-12-31(47-2)28(20-23)35(42-14-3-4-30(42)32-39-13-19-48-32)27-21-24(36)6-11-29(27)43(33(35)44)50(45,46)26-9-7-25(8-10-26)49-34(37)38/h5-13,19-21,30,34H,3-4,14-18,22H2,1-2H3. The quantitative estimate of drug-likeness (QED) is 0.208. The van der Waals surface area contributed by atoms with Gasteiger partial charge in [0.2, 0.25) is 5.89 Å². The van der Waals surface area contributed by atoms with Crippen LogP contribution in [-0.2, 0) is 26.9 Å². The van der Waals surface area contributed by atoms with Crippen LogP contribution in [0.4, 0.5) is 14.5 Å². The van der Waals surface area contributed by atoms with Crippen LogP contribution in [0.5, 0.6) is 11.5 Å². The first-order valence-corrected chi connectivity index (χ1v) is 18.0. The average molecular weight is 728 g/mol. The second kappa shape index (κ2) is 13.6. The lowest BCUT2D eigenvalue weighted by Gasteiger charge is -2.41. The van der Waals surface area contributed by atoms with Crippen LogP contribution in [-0.4, -0.2) is 87.5 Å². The molecule has 0 bridgehead atoms. The molecule has 4 aromatic rings. The van der Waals surface area contributed by atoms with E-state index in [2.05, 4.69) is 26.6 Å². The van der Waals surface area contributed by atoms with Crippen molar-refractivity contribution in [3.8, 4) is 11.5 Å². The Morgan fingerprint density at radius 3 is 2.46 bits per heavy atom. The second-order valence-electron chi connectivity index (χ2n) is 12.6. The van der Waals surface area contributed by atoms with E-state index >= 15 is 4.79 Å². The summed E-state index contributed by atoms with van der Waals surface area (Å²) in [7, 11) is -1.02. The Morgan fingerprint density at radius 1 is 1.02 bits per heavy atom. The molecule has 0 spiro atoms. The van der Waals surface area contributed by atoms with E-state index in [1.807, 2.05) is 23.1 Å². The van der Waals surface area contributed by atoms with Gasteiger partial charge in [-0.15, -0.1) is 0 Å². The van der Waals surface area contributed by atoms with Gasteiger partial charge < -0.3 is 18.8 Å². The fourth-order valence-corrected chi connectivity index (χ4v) is 9.03. The molecular weight excluding hydrogens is 692 g/mol. The number of benzene rings is 3. The minimum Gasteiger partial charge on any atom is -0.496 e. The number of rotatable bonds is 10. The molecular formula is C35H36ClF2N5O6S. The largest absolute Gasteiger partial charge is 0.496 e. The lowest BCUT2D eigenvalue weighted by molar-refractivity contribution is -0.127. The molecule has 11 nitrogen and oxygen atoms in total. The lowest BCUT2D eigenvalue weighted by atomic mass is 9.80. The molecule has 0 radical (unpaired) electrons. The third kappa shape index (κ3) is 5.92. The van der Waals surface area contributed by atoms with E-state index in [9.17, 15) is 17.2 Å². The molecule has 264 valence electrons. The van der Waals surface area contributed by atoms with Crippen molar-refractivity contribution < 1.29 is 35.9 Å². The fraction of sp³-hybridized carbons (Fsp3) is 0.371. The lowest BCUT2D eigenvalue weighted by Crippen LogP contribution is -2.54. The summed E-state index contributed by atoms with van der Waals surface area (Å²) in [6.45, 7) is 1.49. The topological polar surface area (TPSA) is 109 Å². The smallest absolute Gasteiger partial charge is 0.387 e. The third-order valence-corrected chi connectivity index (χ3v) is 11.7. The van der Waals surface area contributed by atoms with Crippen LogP contribution >= 0.6 is 11.6 Å². The summed E-state index contributed by atoms with van der Waals surface area (Å²) in [5.41, 5.74) is 0.0769. The van der Waals surface area contributed by atoms with Gasteiger partial charge in [0.1, 0.15) is 17.8 Å². The first kappa shape index (κ1) is 34.4. The zero-order valence-electron chi connectivity index (χ0n) is 27.5. The molecule has 1 aromatic heterocycles. The van der Waals surface area contributed by atoms with Crippen LogP contribution in [0.2, 0.25) is 5.02 Å². The number of likely N-dealkylation sites (N-methyl/N-ethyl adjacent to an activating group) is 1. The molecule has 3 aliphatic rings. The van der Waals surface area contributed by atoms with Crippen molar-refractivity contribution >= 4 is 33.2 Å². The number of aromatic nitrogens is 1. The minimum absolute atomic E-state index is 0.108. The number of oxazole rings is 1. The molecule has 1 amide bonds. The van der Waals surface area contributed by atoms with Gasteiger partial charge in [-0.3, -0.25) is 14.6 Å².